The molecule has 1 unspecified atom stereocenters. The molecule has 0 aliphatic heterocycles. The van der Waals surface area contributed by atoms with Crippen molar-refractivity contribution in [1.29, 1.82) is 0 Å². The number of nitrogens with one attached hydrogen (secondary N) is 1. The van der Waals surface area contributed by atoms with Crippen LogP contribution >= 0.6 is 7.37 Å². The van der Waals surface area contributed by atoms with Gasteiger partial charge in [-0.05, 0) is 0 Å². The van der Waals surface area contributed by atoms with Crippen LogP contribution in [0.3, 0.4) is 0 Å². The normalized spacial score (nSPS) is 17.4. The molecule has 2 N–H and O–H groups in total. The molecular weight excluding hydrogens is 417 g/mol. The quantitative estimate of drug-likeness (QED) is 0.539. The van der Waals surface area contributed by atoms with E-state index < -0.39 is 61.2 Å². The fourth-order valence-corrected chi connectivity index (χ4v) is 2.87. The van der Waals surface area contributed by atoms with Crippen molar-refractivity contribution in [2.24, 2.45) is 5.92 Å². The second-order valence-corrected chi connectivity index (χ2v) is 7.02. The van der Waals surface area contributed by atoms with Crippen LogP contribution in [0, 0.1) is 5.92 Å². The Bertz CT molecular complexity index is 525. The molecule has 0 rings (SSSR count). The predicted octanol–water partition coefficient (Wildman–Crippen LogP) is 3.56. The van der Waals surface area contributed by atoms with Gasteiger partial charge in [0.15, 0.2) is 0 Å². The molecule has 0 aromatic carbocycles. The maximum absolute atomic E-state index is 12.8. The lowest BCUT2D eigenvalue weighted by atomic mass is 10.1. The SMILES string of the molecule is CP(=O)(O)C(NC(=O)C(C(F)(F)F)C(F)(F)F)(C(F)(F)F)C(F)(F)F. The van der Waals surface area contributed by atoms with Gasteiger partial charge in [-0.1, -0.05) is 0 Å². The third-order valence-electron chi connectivity index (χ3n) is 2.66. The zero-order chi connectivity index (χ0) is 20.9. The van der Waals surface area contributed by atoms with Crippen LogP contribution in [0.25, 0.3) is 0 Å². The van der Waals surface area contributed by atoms with E-state index in [1.807, 2.05) is 0 Å². The number of hydrogen-bond donors (Lipinski definition) is 2. The number of rotatable bonds is 3. The molecule has 0 saturated heterocycles. The van der Waals surface area contributed by atoms with Crippen molar-refractivity contribution in [2.75, 3.05) is 6.66 Å². The van der Waals surface area contributed by atoms with Crippen LogP contribution in [-0.4, -0.2) is 47.5 Å². The zero-order valence-electron chi connectivity index (χ0n) is 11.3. The van der Waals surface area contributed by atoms with Gasteiger partial charge >= 0.3 is 30.0 Å². The van der Waals surface area contributed by atoms with Gasteiger partial charge in [0.2, 0.25) is 19.2 Å². The van der Waals surface area contributed by atoms with Crippen LogP contribution in [0.1, 0.15) is 0 Å². The molecule has 0 bridgehead atoms. The van der Waals surface area contributed by atoms with Crippen molar-refractivity contribution in [1.82, 2.24) is 5.32 Å². The molecule has 1 atom stereocenters. The number of carbonyl (C=O) groups excluding carboxylic acids is 1. The highest BCUT2D eigenvalue weighted by atomic mass is 31.2. The smallest absolute Gasteiger partial charge is 0.342 e. The van der Waals surface area contributed by atoms with Gasteiger partial charge in [-0.3, -0.25) is 9.36 Å². The van der Waals surface area contributed by atoms with Crippen LogP contribution < -0.4 is 5.32 Å². The van der Waals surface area contributed by atoms with E-state index >= 15 is 0 Å². The summed E-state index contributed by atoms with van der Waals surface area (Å²) >= 11 is 0. The molecule has 0 aromatic heterocycles. The first kappa shape index (κ1) is 23.8. The van der Waals surface area contributed by atoms with Crippen molar-refractivity contribution in [2.45, 2.75) is 30.0 Å². The first-order valence-corrected chi connectivity index (χ1v) is 7.50. The van der Waals surface area contributed by atoms with Gasteiger partial charge in [-0.2, -0.15) is 52.7 Å². The highest BCUT2D eigenvalue weighted by Crippen LogP contribution is 2.64. The molecule has 0 aliphatic carbocycles. The van der Waals surface area contributed by atoms with E-state index in [9.17, 15) is 62.0 Å². The summed E-state index contributed by atoms with van der Waals surface area (Å²) in [7, 11) is -6.66. The number of amides is 1. The highest BCUT2D eigenvalue weighted by Gasteiger charge is 2.80. The zero-order valence-corrected chi connectivity index (χ0v) is 12.2. The first-order chi connectivity index (χ1) is 10.5. The first-order valence-electron chi connectivity index (χ1n) is 5.39. The van der Waals surface area contributed by atoms with Gasteiger partial charge in [0.25, 0.3) is 0 Å². The molecule has 0 spiro atoms. The summed E-state index contributed by atoms with van der Waals surface area (Å²) in [5.41, 5.74) is 0. The monoisotopic (exact) mass is 423 g/mol. The Balaban J connectivity index is 6.51. The van der Waals surface area contributed by atoms with Crippen LogP contribution in [-0.2, 0) is 9.36 Å². The third-order valence-corrected chi connectivity index (χ3v) is 4.53. The predicted molar refractivity (Wildman–Crippen MR) is 54.3 cm³/mol. The average Bonchev–Trinajstić information content (AvgIpc) is 2.15. The summed E-state index contributed by atoms with van der Waals surface area (Å²) in [5, 5.41) is -6.82. The molecule has 25 heavy (non-hydrogen) atoms. The minimum Gasteiger partial charge on any atom is -0.342 e. The fraction of sp³-hybridized carbons (Fsp3) is 0.875. The molecule has 0 radical (unpaired) electrons. The van der Waals surface area contributed by atoms with E-state index in [1.165, 1.54) is 0 Å². The van der Waals surface area contributed by atoms with E-state index in [2.05, 4.69) is 0 Å². The maximum Gasteiger partial charge on any atom is 0.430 e. The van der Waals surface area contributed by atoms with Crippen molar-refractivity contribution in [3.8, 4) is 0 Å². The van der Waals surface area contributed by atoms with E-state index in [0.717, 1.165) is 0 Å². The lowest BCUT2D eigenvalue weighted by Gasteiger charge is -2.40. The maximum atomic E-state index is 12.8. The van der Waals surface area contributed by atoms with E-state index in [1.54, 1.807) is 0 Å². The fourth-order valence-electron chi connectivity index (χ4n) is 1.61. The highest BCUT2D eigenvalue weighted by molar-refractivity contribution is 7.59. The molecule has 0 fully saturated rings. The summed E-state index contributed by atoms with van der Waals surface area (Å²) in [5.74, 6) is -9.14. The van der Waals surface area contributed by atoms with Gasteiger partial charge in [0.1, 0.15) is 0 Å². The summed E-state index contributed by atoms with van der Waals surface area (Å²) in [6.45, 7) is -0.634. The number of halogens is 12. The standard InChI is InChI=1S/C8H6F12NO3P/c1-25(23,24)6(7(15,16)17,8(18,19)20)21-3(22)2(4(9,10)11)5(12,13)14/h2H,1H3,(H,21,22)(H,23,24). The topological polar surface area (TPSA) is 66.4 Å². The van der Waals surface area contributed by atoms with Gasteiger partial charge in [0.05, 0.1) is 0 Å². The molecular formula is C8H6F12NO3P. The molecule has 150 valence electrons. The Labute approximate surface area is 129 Å². The average molecular weight is 423 g/mol. The van der Waals surface area contributed by atoms with Gasteiger partial charge < -0.3 is 10.2 Å². The second kappa shape index (κ2) is 6.21. The number of hydrogen-bond acceptors (Lipinski definition) is 2. The lowest BCUT2D eigenvalue weighted by molar-refractivity contribution is -0.291. The van der Waals surface area contributed by atoms with E-state index in [4.69, 9.17) is 4.89 Å². The molecule has 0 aromatic rings. The van der Waals surface area contributed by atoms with Gasteiger partial charge in [0, 0.05) is 6.66 Å². The molecule has 1 amide bonds. The Morgan fingerprint density at radius 2 is 1.12 bits per heavy atom. The van der Waals surface area contributed by atoms with Crippen molar-refractivity contribution >= 4 is 13.3 Å². The molecule has 0 aliphatic rings. The Kier molecular flexibility index (Phi) is 5.92. The number of carbonyl (C=O) groups is 1. The van der Waals surface area contributed by atoms with Crippen LogP contribution in [0.2, 0.25) is 0 Å². The molecule has 4 nitrogen and oxygen atoms in total. The van der Waals surface area contributed by atoms with Crippen molar-refractivity contribution in [3.05, 3.63) is 0 Å². The summed E-state index contributed by atoms with van der Waals surface area (Å²) in [4.78, 5) is 19.8. The molecule has 0 heterocycles. The number of alkyl halides is 12. The lowest BCUT2D eigenvalue weighted by Crippen LogP contribution is -2.69. The largest absolute Gasteiger partial charge is 0.430 e. The van der Waals surface area contributed by atoms with Gasteiger partial charge in [-0.15, -0.1) is 0 Å². The minimum absolute atomic E-state index is 0.578. The van der Waals surface area contributed by atoms with Crippen molar-refractivity contribution < 1.29 is 66.9 Å². The van der Waals surface area contributed by atoms with Gasteiger partial charge in [-0.25, -0.2) is 0 Å². The minimum atomic E-state index is -6.96. The molecule has 17 heteroatoms. The Morgan fingerprint density at radius 1 is 0.840 bits per heavy atom. The second-order valence-electron chi connectivity index (χ2n) is 4.59. The van der Waals surface area contributed by atoms with Crippen molar-refractivity contribution in [3.63, 3.8) is 0 Å². The van der Waals surface area contributed by atoms with Crippen LogP contribution in [0.4, 0.5) is 52.7 Å². The summed E-state index contributed by atoms with van der Waals surface area (Å²) in [6.07, 6.45) is -27.2. The summed E-state index contributed by atoms with van der Waals surface area (Å²) in [6, 6.07) is 0. The van der Waals surface area contributed by atoms with E-state index in [0.29, 0.717) is 0 Å². The van der Waals surface area contributed by atoms with Crippen LogP contribution in [0.5, 0.6) is 0 Å². The Hall–Kier alpha value is -1.18. The van der Waals surface area contributed by atoms with E-state index in [-0.39, 0.29) is 0 Å². The summed E-state index contributed by atoms with van der Waals surface area (Å²) < 4.78 is 161. The Morgan fingerprint density at radius 3 is 1.28 bits per heavy atom. The van der Waals surface area contributed by atoms with Crippen LogP contribution in [0.15, 0.2) is 0 Å². The third kappa shape index (κ3) is 4.51. The molecule has 0 saturated carbocycles.